The molecule has 1 saturated heterocycles. The van der Waals surface area contributed by atoms with E-state index in [1.807, 2.05) is 36.4 Å². The number of pyridine rings is 1. The van der Waals surface area contributed by atoms with Gasteiger partial charge < -0.3 is 25.0 Å². The maximum Gasteiger partial charge on any atom is 0.230 e. The van der Waals surface area contributed by atoms with Gasteiger partial charge in [-0.25, -0.2) is 4.39 Å². The summed E-state index contributed by atoms with van der Waals surface area (Å²) < 4.78 is 27.0. The highest BCUT2D eigenvalue weighted by atomic mass is 32.1. The number of fused-ring (bicyclic) bond motifs is 2. The number of thiocarbonyl (C=S) groups is 1. The van der Waals surface area contributed by atoms with E-state index >= 15 is 4.39 Å². The van der Waals surface area contributed by atoms with Crippen molar-refractivity contribution in [3.63, 3.8) is 0 Å². The highest BCUT2D eigenvalue weighted by molar-refractivity contribution is 7.80. The Kier molecular flexibility index (Phi) is 9.04. The molecule has 6 rings (SSSR count). The largest absolute Gasteiger partial charge is 0.496 e. The second-order valence-electron chi connectivity index (χ2n) is 12.0. The molecule has 1 aromatic heterocycles. The highest BCUT2D eigenvalue weighted by Gasteiger charge is 2.39. The molecule has 1 saturated carbocycles. The fourth-order valence-corrected chi connectivity index (χ4v) is 7.05. The van der Waals surface area contributed by atoms with Gasteiger partial charge in [-0.1, -0.05) is 30.3 Å². The van der Waals surface area contributed by atoms with Gasteiger partial charge >= 0.3 is 0 Å². The van der Waals surface area contributed by atoms with Crippen molar-refractivity contribution in [3.05, 3.63) is 89.9 Å². The zero-order chi connectivity index (χ0) is 30.6. The van der Waals surface area contributed by atoms with Crippen molar-refractivity contribution in [2.45, 2.75) is 32.1 Å². The summed E-state index contributed by atoms with van der Waals surface area (Å²) in [4.78, 5) is 19.4. The molecule has 2 N–H and O–H groups in total. The number of carbonyl (C=O) groups excluding carboxylic acids is 1. The second-order valence-corrected chi connectivity index (χ2v) is 12.4. The molecule has 2 unspecified atom stereocenters. The van der Waals surface area contributed by atoms with E-state index in [1.54, 1.807) is 25.4 Å². The monoisotopic (exact) mass is 612 g/mol. The number of halogens is 1. The SMILES string of the molecule is COc1cc2c(Oc3ccc(NC(=S)NC(=O)Cc4ccccc4)cc3F)ccnc2cc1CCC1CC2CN(C)CC2C1. The smallest absolute Gasteiger partial charge is 0.230 e. The van der Waals surface area contributed by atoms with Crippen LogP contribution in [0.15, 0.2) is 72.9 Å². The number of amides is 1. The number of nitrogens with zero attached hydrogens (tertiary/aromatic N) is 2. The minimum absolute atomic E-state index is 0.0579. The molecule has 44 heavy (non-hydrogen) atoms. The zero-order valence-corrected chi connectivity index (χ0v) is 25.8. The minimum Gasteiger partial charge on any atom is -0.496 e. The number of aryl methyl sites for hydroxylation is 1. The molecule has 1 aliphatic carbocycles. The summed E-state index contributed by atoms with van der Waals surface area (Å²) in [5.74, 6) is 2.94. The fourth-order valence-electron chi connectivity index (χ4n) is 6.81. The molecule has 1 aliphatic heterocycles. The van der Waals surface area contributed by atoms with E-state index in [4.69, 9.17) is 21.7 Å². The average molecular weight is 613 g/mol. The van der Waals surface area contributed by atoms with Gasteiger partial charge in [-0.05, 0) is 104 Å². The number of carbonyl (C=O) groups is 1. The molecule has 0 radical (unpaired) electrons. The molecule has 0 spiro atoms. The molecular weight excluding hydrogens is 575 g/mol. The number of hydrogen-bond donors (Lipinski definition) is 2. The molecule has 0 bridgehead atoms. The lowest BCUT2D eigenvalue weighted by atomic mass is 9.95. The van der Waals surface area contributed by atoms with Gasteiger partial charge in [-0.15, -0.1) is 0 Å². The maximum atomic E-state index is 15.2. The van der Waals surface area contributed by atoms with E-state index in [0.717, 1.165) is 58.4 Å². The Morgan fingerprint density at radius 2 is 1.80 bits per heavy atom. The van der Waals surface area contributed by atoms with Gasteiger partial charge in [0.15, 0.2) is 16.7 Å². The second kappa shape index (κ2) is 13.3. The van der Waals surface area contributed by atoms with Crippen LogP contribution < -0.4 is 20.1 Å². The molecule has 1 amide bonds. The zero-order valence-electron chi connectivity index (χ0n) is 25.0. The van der Waals surface area contributed by atoms with Crippen LogP contribution in [-0.4, -0.2) is 48.2 Å². The number of nitrogens with one attached hydrogen (secondary N) is 2. The Morgan fingerprint density at radius 1 is 1.02 bits per heavy atom. The summed E-state index contributed by atoms with van der Waals surface area (Å²) in [6.07, 6.45) is 6.57. The summed E-state index contributed by atoms with van der Waals surface area (Å²) in [6.45, 7) is 2.46. The molecule has 228 valence electrons. The topological polar surface area (TPSA) is 75.7 Å². The summed E-state index contributed by atoms with van der Waals surface area (Å²) >= 11 is 5.25. The number of likely N-dealkylation sites (tertiary alicyclic amines) is 1. The average Bonchev–Trinajstić information content (AvgIpc) is 3.54. The van der Waals surface area contributed by atoms with Crippen molar-refractivity contribution >= 4 is 39.8 Å². The van der Waals surface area contributed by atoms with Gasteiger partial charge in [0.1, 0.15) is 11.5 Å². The molecule has 9 heteroatoms. The number of aromatic nitrogens is 1. The first-order valence-corrected chi connectivity index (χ1v) is 15.5. The Balaban J connectivity index is 1.10. The number of anilines is 1. The number of hydrogen-bond acceptors (Lipinski definition) is 6. The van der Waals surface area contributed by atoms with Crippen LogP contribution in [0.25, 0.3) is 10.9 Å². The summed E-state index contributed by atoms with van der Waals surface area (Å²) in [7, 11) is 3.91. The van der Waals surface area contributed by atoms with Gasteiger partial charge in [-0.3, -0.25) is 9.78 Å². The number of rotatable bonds is 9. The Hall–Kier alpha value is -4.08. The molecule has 4 aromatic rings. The number of methoxy groups -OCH3 is 1. The predicted molar refractivity (Wildman–Crippen MR) is 175 cm³/mol. The summed E-state index contributed by atoms with van der Waals surface area (Å²) in [5.41, 5.74) is 3.17. The third kappa shape index (κ3) is 7.00. The van der Waals surface area contributed by atoms with E-state index in [-0.39, 0.29) is 23.2 Å². The number of benzene rings is 3. The van der Waals surface area contributed by atoms with Crippen LogP contribution in [0, 0.1) is 23.6 Å². The van der Waals surface area contributed by atoms with Gasteiger partial charge in [0.2, 0.25) is 5.91 Å². The van der Waals surface area contributed by atoms with Crippen molar-refractivity contribution in [1.29, 1.82) is 0 Å². The molecule has 2 fully saturated rings. The first-order chi connectivity index (χ1) is 21.3. The molecule has 7 nitrogen and oxygen atoms in total. The van der Waals surface area contributed by atoms with E-state index in [9.17, 15) is 4.79 Å². The van der Waals surface area contributed by atoms with Crippen LogP contribution in [0.3, 0.4) is 0 Å². The van der Waals surface area contributed by atoms with E-state index in [1.165, 1.54) is 38.1 Å². The highest BCUT2D eigenvalue weighted by Crippen LogP contribution is 2.43. The molecule has 2 atom stereocenters. The minimum atomic E-state index is -0.575. The van der Waals surface area contributed by atoms with Crippen molar-refractivity contribution in [1.82, 2.24) is 15.2 Å². The van der Waals surface area contributed by atoms with E-state index < -0.39 is 5.82 Å². The van der Waals surface area contributed by atoms with Gasteiger partial charge in [0, 0.05) is 36.4 Å². The van der Waals surface area contributed by atoms with Gasteiger partial charge in [0.25, 0.3) is 0 Å². The summed E-state index contributed by atoms with van der Waals surface area (Å²) in [5, 5.41) is 6.32. The molecule has 3 aromatic carbocycles. The fraction of sp³-hybridized carbons (Fsp3) is 0.343. The molecular formula is C35H37FN4O3S. The molecule has 2 aliphatic rings. The normalized spacial score (nSPS) is 19.5. The molecule has 2 heterocycles. The lowest BCUT2D eigenvalue weighted by molar-refractivity contribution is -0.119. The lowest BCUT2D eigenvalue weighted by Crippen LogP contribution is -2.35. The van der Waals surface area contributed by atoms with Crippen molar-refractivity contribution in [3.8, 4) is 17.2 Å². The Morgan fingerprint density at radius 3 is 2.52 bits per heavy atom. The Labute approximate surface area is 262 Å². The Bertz CT molecular complexity index is 1650. The van der Waals surface area contributed by atoms with E-state index in [2.05, 4.69) is 33.6 Å². The van der Waals surface area contributed by atoms with Crippen molar-refractivity contribution < 1.29 is 18.7 Å². The van der Waals surface area contributed by atoms with Crippen LogP contribution in [0.2, 0.25) is 0 Å². The van der Waals surface area contributed by atoms with Crippen LogP contribution >= 0.6 is 12.2 Å². The first-order valence-electron chi connectivity index (χ1n) is 15.1. The van der Waals surface area contributed by atoms with Crippen LogP contribution in [0.1, 0.15) is 30.4 Å². The lowest BCUT2D eigenvalue weighted by Gasteiger charge is -2.17. The standard InChI is InChI=1S/C35H37FN4O3S/c1-40-20-25-14-23(15-26(25)21-40)8-9-24-17-30-28(19-33(24)42-2)31(12-13-37-30)43-32-11-10-27(18-29(32)36)38-35(44)39-34(41)16-22-6-4-3-5-7-22/h3-7,10-13,17-19,23,25-26H,8-9,14-16,20-21H2,1-2H3,(H2,38,39,41,44). The third-order valence-corrected chi connectivity index (χ3v) is 9.03. The van der Waals surface area contributed by atoms with Crippen LogP contribution in [-0.2, 0) is 17.6 Å². The van der Waals surface area contributed by atoms with Crippen LogP contribution in [0.5, 0.6) is 17.2 Å². The third-order valence-electron chi connectivity index (χ3n) is 8.83. The predicted octanol–water partition coefficient (Wildman–Crippen LogP) is 6.75. The summed E-state index contributed by atoms with van der Waals surface area (Å²) in [6, 6.07) is 19.5. The van der Waals surface area contributed by atoms with Crippen molar-refractivity contribution in [2.24, 2.45) is 17.8 Å². The maximum absolute atomic E-state index is 15.2. The van der Waals surface area contributed by atoms with Gasteiger partial charge in [0.05, 0.1) is 19.0 Å². The van der Waals surface area contributed by atoms with E-state index in [0.29, 0.717) is 11.4 Å². The number of ether oxygens (including phenoxy) is 2. The van der Waals surface area contributed by atoms with Crippen molar-refractivity contribution in [2.75, 3.05) is 32.6 Å². The van der Waals surface area contributed by atoms with Gasteiger partial charge in [-0.2, -0.15) is 0 Å². The first kappa shape index (κ1) is 30.0. The quantitative estimate of drug-likeness (QED) is 0.203. The van der Waals surface area contributed by atoms with Crippen LogP contribution in [0.4, 0.5) is 10.1 Å².